The highest BCUT2D eigenvalue weighted by atomic mass is 16.5. The first-order valence-corrected chi connectivity index (χ1v) is 10.1. The zero-order valence-corrected chi connectivity index (χ0v) is 17.1. The lowest BCUT2D eigenvalue weighted by Gasteiger charge is -2.11. The topological polar surface area (TPSA) is 78.9 Å². The zero-order valence-electron chi connectivity index (χ0n) is 17.1. The zero-order chi connectivity index (χ0) is 21.5. The largest absolute Gasteiger partial charge is 0.496 e. The molecule has 7 nitrogen and oxygen atoms in total. The highest BCUT2D eigenvalue weighted by molar-refractivity contribution is 6.12. The van der Waals surface area contributed by atoms with Crippen LogP contribution in [0.4, 0.5) is 0 Å². The number of fused-ring (bicyclic) bond motifs is 3. The van der Waals surface area contributed by atoms with Gasteiger partial charge in [0.25, 0.3) is 0 Å². The molecule has 0 amide bonds. The summed E-state index contributed by atoms with van der Waals surface area (Å²) < 4.78 is 11.8. The van der Waals surface area contributed by atoms with Gasteiger partial charge in [0.1, 0.15) is 22.6 Å². The predicted octanol–water partition coefficient (Wildman–Crippen LogP) is 5.30. The molecule has 3 aromatic heterocycles. The van der Waals surface area contributed by atoms with E-state index in [1.807, 2.05) is 66.7 Å². The Morgan fingerprint density at radius 3 is 2.59 bits per heavy atom. The van der Waals surface area contributed by atoms with Crippen LogP contribution in [0.15, 0.2) is 89.5 Å². The first-order valence-electron chi connectivity index (χ1n) is 10.1. The van der Waals surface area contributed by atoms with Crippen LogP contribution in [-0.4, -0.2) is 32.3 Å². The van der Waals surface area contributed by atoms with E-state index < -0.39 is 0 Å². The third kappa shape index (κ3) is 2.91. The molecular formula is C25H17N5O2. The minimum atomic E-state index is 0.461. The molecule has 7 heteroatoms. The van der Waals surface area contributed by atoms with Gasteiger partial charge in [0, 0.05) is 28.6 Å². The molecule has 32 heavy (non-hydrogen) atoms. The van der Waals surface area contributed by atoms with Gasteiger partial charge in [-0.2, -0.15) is 0 Å². The summed E-state index contributed by atoms with van der Waals surface area (Å²) in [6.07, 6.45) is 1.70. The van der Waals surface area contributed by atoms with Gasteiger partial charge in [-0.15, -0.1) is 15.0 Å². The second kappa shape index (κ2) is 7.31. The van der Waals surface area contributed by atoms with Crippen LogP contribution in [0.25, 0.3) is 50.3 Å². The van der Waals surface area contributed by atoms with Gasteiger partial charge in [-0.25, -0.2) is 0 Å². The summed E-state index contributed by atoms with van der Waals surface area (Å²) in [4.78, 5) is 5.76. The lowest BCUT2D eigenvalue weighted by Crippen LogP contribution is -2.00. The van der Waals surface area contributed by atoms with Crippen molar-refractivity contribution in [3.8, 4) is 34.1 Å². The molecule has 0 fully saturated rings. The number of hydrogen-bond donors (Lipinski definition) is 0. The molecule has 6 aromatic rings. The van der Waals surface area contributed by atoms with Gasteiger partial charge < -0.3 is 9.15 Å². The van der Waals surface area contributed by atoms with Crippen LogP contribution in [0.5, 0.6) is 5.75 Å². The van der Waals surface area contributed by atoms with Gasteiger partial charge in [0.15, 0.2) is 0 Å². The predicted molar refractivity (Wildman–Crippen MR) is 122 cm³/mol. The van der Waals surface area contributed by atoms with Gasteiger partial charge in [-0.1, -0.05) is 36.4 Å². The molecule has 0 radical (unpaired) electrons. The maximum Gasteiger partial charge on any atom is 0.223 e. The molecule has 0 atom stereocenters. The van der Waals surface area contributed by atoms with Crippen molar-refractivity contribution in [2.24, 2.45) is 0 Å². The molecule has 0 aliphatic heterocycles. The van der Waals surface area contributed by atoms with Crippen molar-refractivity contribution in [2.75, 3.05) is 7.11 Å². The quantitative estimate of drug-likeness (QED) is 0.386. The van der Waals surface area contributed by atoms with Gasteiger partial charge in [-0.3, -0.25) is 4.98 Å². The van der Waals surface area contributed by atoms with Crippen LogP contribution in [-0.2, 0) is 0 Å². The van der Waals surface area contributed by atoms with E-state index in [4.69, 9.17) is 9.15 Å². The maximum absolute atomic E-state index is 6.05. The molecule has 0 saturated carbocycles. The Morgan fingerprint density at radius 1 is 0.844 bits per heavy atom. The molecule has 6 rings (SSSR count). The third-order valence-corrected chi connectivity index (χ3v) is 5.42. The Hall–Kier alpha value is -4.52. The van der Waals surface area contributed by atoms with Crippen molar-refractivity contribution in [3.05, 3.63) is 85.1 Å². The smallest absolute Gasteiger partial charge is 0.223 e. The third-order valence-electron chi connectivity index (χ3n) is 5.42. The number of tetrazole rings is 1. The van der Waals surface area contributed by atoms with Crippen molar-refractivity contribution < 1.29 is 9.15 Å². The average Bonchev–Trinajstić information content (AvgIpc) is 3.49. The summed E-state index contributed by atoms with van der Waals surface area (Å²) in [5.74, 6) is 1.17. The highest BCUT2D eigenvalue weighted by Gasteiger charge is 2.16. The molecule has 0 spiro atoms. The monoisotopic (exact) mass is 419 g/mol. The van der Waals surface area contributed by atoms with Crippen LogP contribution in [0.1, 0.15) is 0 Å². The highest BCUT2D eigenvalue weighted by Crippen LogP contribution is 2.40. The van der Waals surface area contributed by atoms with Crippen LogP contribution >= 0.6 is 0 Å². The number of nitrogens with zero attached hydrogens (tertiary/aromatic N) is 5. The number of ether oxygens (including phenoxy) is 1. The van der Waals surface area contributed by atoms with Crippen LogP contribution in [0, 0.1) is 0 Å². The van der Waals surface area contributed by atoms with Crippen molar-refractivity contribution >= 4 is 21.9 Å². The summed E-state index contributed by atoms with van der Waals surface area (Å²) in [6, 6.07) is 25.5. The molecule has 0 N–H and O–H groups in total. The second-order valence-corrected chi connectivity index (χ2v) is 7.28. The number of methoxy groups -OCH3 is 1. The Labute approximate surface area is 182 Å². The normalized spacial score (nSPS) is 11.3. The number of para-hydroxylation sites is 1. The first-order chi connectivity index (χ1) is 15.8. The van der Waals surface area contributed by atoms with Crippen LogP contribution in [0.3, 0.4) is 0 Å². The fraction of sp³-hybridized carbons (Fsp3) is 0.0400. The maximum atomic E-state index is 6.05. The Morgan fingerprint density at radius 2 is 1.72 bits per heavy atom. The number of aromatic nitrogens is 5. The SMILES string of the molecule is COc1cc(-n2nnc(-c3ccccn3)n2)ccc1-c1cccc2oc3ccccc3c12. The molecule has 3 heterocycles. The lowest BCUT2D eigenvalue weighted by atomic mass is 9.98. The van der Waals surface area contributed by atoms with E-state index in [9.17, 15) is 0 Å². The average molecular weight is 419 g/mol. The molecule has 0 bridgehead atoms. The van der Waals surface area contributed by atoms with Crippen LogP contribution < -0.4 is 4.74 Å². The summed E-state index contributed by atoms with van der Waals surface area (Å²) in [6.45, 7) is 0. The molecule has 154 valence electrons. The van der Waals surface area contributed by atoms with E-state index in [0.717, 1.165) is 38.8 Å². The van der Waals surface area contributed by atoms with Crippen molar-refractivity contribution in [3.63, 3.8) is 0 Å². The molecule has 3 aromatic carbocycles. The van der Waals surface area contributed by atoms with Gasteiger partial charge in [0.05, 0.1) is 12.8 Å². The van der Waals surface area contributed by atoms with Crippen molar-refractivity contribution in [1.29, 1.82) is 0 Å². The summed E-state index contributed by atoms with van der Waals surface area (Å²) >= 11 is 0. The number of hydrogen-bond acceptors (Lipinski definition) is 6. The standard InChI is InChI=1S/C25H17N5O2/c1-31-23-15-16(30-28-25(27-29-30)20-9-4-5-14-26-20)12-13-17(23)18-8-6-11-22-24(18)19-7-2-3-10-21(19)32-22/h2-15H,1H3. The minimum absolute atomic E-state index is 0.461. The summed E-state index contributed by atoms with van der Waals surface area (Å²) in [5.41, 5.74) is 5.10. The van der Waals surface area contributed by atoms with E-state index in [1.165, 1.54) is 4.80 Å². The fourth-order valence-electron chi connectivity index (χ4n) is 3.95. The Balaban J connectivity index is 1.47. The summed E-state index contributed by atoms with van der Waals surface area (Å²) in [5, 5.41) is 14.9. The van der Waals surface area contributed by atoms with E-state index in [0.29, 0.717) is 17.3 Å². The van der Waals surface area contributed by atoms with E-state index in [1.54, 1.807) is 13.3 Å². The van der Waals surface area contributed by atoms with Crippen molar-refractivity contribution in [1.82, 2.24) is 25.2 Å². The number of pyridine rings is 1. The molecule has 0 saturated heterocycles. The molecule has 0 aliphatic carbocycles. The fourth-order valence-corrected chi connectivity index (χ4v) is 3.95. The number of furan rings is 1. The summed E-state index contributed by atoms with van der Waals surface area (Å²) in [7, 11) is 1.66. The molecular weight excluding hydrogens is 402 g/mol. The van der Waals surface area contributed by atoms with Gasteiger partial charge in [-0.05, 0) is 47.2 Å². The van der Waals surface area contributed by atoms with Crippen LogP contribution in [0.2, 0.25) is 0 Å². The van der Waals surface area contributed by atoms with E-state index in [-0.39, 0.29) is 0 Å². The van der Waals surface area contributed by atoms with Crippen molar-refractivity contribution in [2.45, 2.75) is 0 Å². The minimum Gasteiger partial charge on any atom is -0.496 e. The molecule has 0 aliphatic rings. The number of benzene rings is 3. The number of rotatable bonds is 4. The van der Waals surface area contributed by atoms with E-state index in [2.05, 4.69) is 32.5 Å². The first kappa shape index (κ1) is 18.3. The van der Waals surface area contributed by atoms with Gasteiger partial charge in [0.2, 0.25) is 5.82 Å². The second-order valence-electron chi connectivity index (χ2n) is 7.28. The van der Waals surface area contributed by atoms with Gasteiger partial charge >= 0.3 is 0 Å². The molecule has 0 unspecified atom stereocenters. The Bertz CT molecular complexity index is 1570. The Kier molecular flexibility index (Phi) is 4.18. The van der Waals surface area contributed by atoms with E-state index >= 15 is 0 Å². The lowest BCUT2D eigenvalue weighted by molar-refractivity contribution is 0.416.